The van der Waals surface area contributed by atoms with Gasteiger partial charge < -0.3 is 0 Å². The van der Waals surface area contributed by atoms with E-state index in [0.29, 0.717) is 0 Å². The monoisotopic (exact) mass is 405 g/mol. The van der Waals surface area contributed by atoms with E-state index >= 15 is 0 Å². The van der Waals surface area contributed by atoms with Gasteiger partial charge in [-0.1, -0.05) is 103 Å². The van der Waals surface area contributed by atoms with Gasteiger partial charge in [-0.05, 0) is 49.8 Å². The molecule has 0 bridgehead atoms. The fourth-order valence-electron chi connectivity index (χ4n) is 5.00. The Hall–Kier alpha value is -4.23. The van der Waals surface area contributed by atoms with Crippen LogP contribution < -0.4 is 0 Å². The summed E-state index contributed by atoms with van der Waals surface area (Å²) in [6.45, 7) is 0. The average Bonchev–Trinajstić information content (AvgIpc) is 2.87. The number of aromatic nitrogens is 1. The molecule has 148 valence electrons. The molecule has 7 rings (SSSR count). The summed E-state index contributed by atoms with van der Waals surface area (Å²) in [5.74, 6) is 0. The molecule has 1 nitrogen and oxygen atoms in total. The summed E-state index contributed by atoms with van der Waals surface area (Å²) in [5.41, 5.74) is 3.21. The SMILES string of the molecule is c1ccc2c(c1)ccc1ccc(-c3ccc4ccc5ccc6ccccc6c5c4c3)nc12. The molecule has 7 aromatic rings. The van der Waals surface area contributed by atoms with Crippen LogP contribution in [0.3, 0.4) is 0 Å². The van der Waals surface area contributed by atoms with Gasteiger partial charge in [0, 0.05) is 16.3 Å². The molecule has 0 radical (unpaired) electrons. The fraction of sp³-hybridized carbons (Fsp3) is 0. The topological polar surface area (TPSA) is 12.9 Å². The number of rotatable bonds is 1. The van der Waals surface area contributed by atoms with Crippen LogP contribution in [0.2, 0.25) is 0 Å². The predicted molar refractivity (Wildman–Crippen MR) is 137 cm³/mol. The Labute approximate surface area is 185 Å². The van der Waals surface area contributed by atoms with Gasteiger partial charge in [0.05, 0.1) is 11.2 Å². The lowest BCUT2D eigenvalue weighted by atomic mass is 9.94. The summed E-state index contributed by atoms with van der Waals surface area (Å²) in [4.78, 5) is 5.12. The Morgan fingerprint density at radius 3 is 1.78 bits per heavy atom. The lowest BCUT2D eigenvalue weighted by Gasteiger charge is -2.11. The molecule has 0 amide bonds. The smallest absolute Gasteiger partial charge is 0.0787 e. The third-order valence-corrected chi connectivity index (χ3v) is 6.61. The number of benzene rings is 6. The molecular weight excluding hydrogens is 386 g/mol. The Morgan fingerprint density at radius 2 is 0.969 bits per heavy atom. The van der Waals surface area contributed by atoms with E-state index in [4.69, 9.17) is 4.98 Å². The Kier molecular flexibility index (Phi) is 3.62. The maximum Gasteiger partial charge on any atom is 0.0787 e. The highest BCUT2D eigenvalue weighted by molar-refractivity contribution is 6.20. The van der Waals surface area contributed by atoms with Crippen LogP contribution >= 0.6 is 0 Å². The highest BCUT2D eigenvalue weighted by Gasteiger charge is 2.09. The second-order valence-corrected chi connectivity index (χ2v) is 8.44. The zero-order valence-corrected chi connectivity index (χ0v) is 17.4. The maximum absolute atomic E-state index is 5.12. The first-order valence-electron chi connectivity index (χ1n) is 11.0. The van der Waals surface area contributed by atoms with Crippen LogP contribution in [0, 0.1) is 0 Å². The van der Waals surface area contributed by atoms with Gasteiger partial charge in [-0.15, -0.1) is 0 Å². The van der Waals surface area contributed by atoms with Crippen LogP contribution in [-0.2, 0) is 0 Å². The zero-order chi connectivity index (χ0) is 21.1. The van der Waals surface area contributed by atoms with E-state index < -0.39 is 0 Å². The molecule has 0 aliphatic rings. The van der Waals surface area contributed by atoms with Crippen LogP contribution in [0.15, 0.2) is 115 Å². The minimum absolute atomic E-state index is 1.01. The molecule has 0 aliphatic heterocycles. The standard InChI is InChI=1S/C31H19N/c1-3-7-26-20(5-1)9-13-23-14-10-22-12-16-25(19-28(22)30(23)26)29-18-17-24-15-11-21-6-2-4-8-27(21)31(24)32-29/h1-19H. The minimum atomic E-state index is 1.01. The van der Waals surface area contributed by atoms with Crippen molar-refractivity contribution in [2.24, 2.45) is 0 Å². The Balaban J connectivity index is 1.53. The lowest BCUT2D eigenvalue weighted by molar-refractivity contribution is 1.42. The molecular formula is C31H19N. The van der Waals surface area contributed by atoms with E-state index in [1.54, 1.807) is 0 Å². The van der Waals surface area contributed by atoms with Crippen molar-refractivity contribution in [2.45, 2.75) is 0 Å². The van der Waals surface area contributed by atoms with Crippen molar-refractivity contribution in [2.75, 3.05) is 0 Å². The van der Waals surface area contributed by atoms with Gasteiger partial charge in [0.1, 0.15) is 0 Å². The van der Waals surface area contributed by atoms with E-state index in [9.17, 15) is 0 Å². The van der Waals surface area contributed by atoms with Crippen molar-refractivity contribution in [1.82, 2.24) is 4.98 Å². The summed E-state index contributed by atoms with van der Waals surface area (Å²) in [6, 6.07) is 41.4. The van der Waals surface area contributed by atoms with E-state index in [2.05, 4.69) is 115 Å². The first kappa shape index (κ1) is 17.5. The molecule has 0 spiro atoms. The van der Waals surface area contributed by atoms with Crippen molar-refractivity contribution < 1.29 is 0 Å². The molecule has 1 heterocycles. The van der Waals surface area contributed by atoms with Crippen LogP contribution in [0.5, 0.6) is 0 Å². The van der Waals surface area contributed by atoms with Gasteiger partial charge in [-0.2, -0.15) is 0 Å². The fourth-order valence-corrected chi connectivity index (χ4v) is 5.00. The van der Waals surface area contributed by atoms with Crippen LogP contribution in [0.25, 0.3) is 65.3 Å². The second-order valence-electron chi connectivity index (χ2n) is 8.44. The third kappa shape index (κ3) is 2.55. The quantitative estimate of drug-likeness (QED) is 0.249. The van der Waals surface area contributed by atoms with Crippen LogP contribution in [0.4, 0.5) is 0 Å². The molecule has 0 atom stereocenters. The predicted octanol–water partition coefficient (Wildman–Crippen LogP) is 8.51. The van der Waals surface area contributed by atoms with Crippen LogP contribution in [-0.4, -0.2) is 4.98 Å². The molecule has 0 saturated heterocycles. The molecule has 0 fully saturated rings. The molecule has 1 heteroatoms. The third-order valence-electron chi connectivity index (χ3n) is 6.61. The van der Waals surface area contributed by atoms with Crippen molar-refractivity contribution in [3.63, 3.8) is 0 Å². The van der Waals surface area contributed by atoms with Gasteiger partial charge in [0.25, 0.3) is 0 Å². The Bertz CT molecular complexity index is 1820. The van der Waals surface area contributed by atoms with Gasteiger partial charge in [-0.25, -0.2) is 4.98 Å². The molecule has 0 saturated carbocycles. The first-order valence-corrected chi connectivity index (χ1v) is 11.0. The highest BCUT2D eigenvalue weighted by Crippen LogP contribution is 2.35. The summed E-state index contributed by atoms with van der Waals surface area (Å²) in [7, 11) is 0. The number of pyridine rings is 1. The molecule has 1 aromatic heterocycles. The van der Waals surface area contributed by atoms with Gasteiger partial charge in [0.15, 0.2) is 0 Å². The van der Waals surface area contributed by atoms with Gasteiger partial charge in [0.2, 0.25) is 0 Å². The van der Waals surface area contributed by atoms with Crippen molar-refractivity contribution >= 4 is 54.0 Å². The van der Waals surface area contributed by atoms with Crippen molar-refractivity contribution in [3.05, 3.63) is 115 Å². The van der Waals surface area contributed by atoms with E-state index in [1.807, 2.05) is 0 Å². The summed E-state index contributed by atoms with van der Waals surface area (Å²) < 4.78 is 0. The summed E-state index contributed by atoms with van der Waals surface area (Å²) >= 11 is 0. The van der Waals surface area contributed by atoms with Crippen molar-refractivity contribution in [3.8, 4) is 11.3 Å². The van der Waals surface area contributed by atoms with Gasteiger partial charge in [-0.3, -0.25) is 0 Å². The van der Waals surface area contributed by atoms with Crippen LogP contribution in [0.1, 0.15) is 0 Å². The van der Waals surface area contributed by atoms with Crippen molar-refractivity contribution in [1.29, 1.82) is 0 Å². The average molecular weight is 406 g/mol. The highest BCUT2D eigenvalue weighted by atomic mass is 14.7. The zero-order valence-electron chi connectivity index (χ0n) is 17.4. The van der Waals surface area contributed by atoms with E-state index in [0.717, 1.165) is 16.8 Å². The van der Waals surface area contributed by atoms with E-state index in [1.165, 1.54) is 48.5 Å². The molecule has 6 aromatic carbocycles. The Morgan fingerprint density at radius 1 is 0.406 bits per heavy atom. The normalized spacial score (nSPS) is 11.8. The number of hydrogen-bond donors (Lipinski definition) is 0. The first-order chi connectivity index (χ1) is 15.8. The summed E-state index contributed by atoms with van der Waals surface area (Å²) in [6.07, 6.45) is 0. The second kappa shape index (κ2) is 6.63. The lowest BCUT2D eigenvalue weighted by Crippen LogP contribution is -1.88. The van der Waals surface area contributed by atoms with Gasteiger partial charge >= 0.3 is 0 Å². The molecule has 0 aliphatic carbocycles. The van der Waals surface area contributed by atoms with E-state index in [-0.39, 0.29) is 0 Å². The number of nitrogens with zero attached hydrogens (tertiary/aromatic N) is 1. The molecule has 0 unspecified atom stereocenters. The summed E-state index contributed by atoms with van der Waals surface area (Å²) in [5, 5.41) is 11.3. The number of hydrogen-bond acceptors (Lipinski definition) is 1. The largest absolute Gasteiger partial charge is 0.247 e. The molecule has 32 heavy (non-hydrogen) atoms. The molecule has 0 N–H and O–H groups in total. The minimum Gasteiger partial charge on any atom is -0.247 e. The number of fused-ring (bicyclic) bond motifs is 8. The maximum atomic E-state index is 5.12.